The molecule has 0 amide bonds. The summed E-state index contributed by atoms with van der Waals surface area (Å²) in [6.45, 7) is 6.58. The zero-order valence-electron chi connectivity index (χ0n) is 40.4. The van der Waals surface area contributed by atoms with Crippen LogP contribution in [-0.4, -0.2) is 37.2 Å². The Bertz CT molecular complexity index is 1070. The van der Waals surface area contributed by atoms with E-state index in [1.165, 1.54) is 135 Å². The molecule has 6 heteroatoms. The summed E-state index contributed by atoms with van der Waals surface area (Å²) in [5.74, 6) is -0.898. The predicted molar refractivity (Wildman–Crippen MR) is 261 cm³/mol. The van der Waals surface area contributed by atoms with Crippen LogP contribution in [-0.2, 0) is 28.6 Å². The van der Waals surface area contributed by atoms with Crippen molar-refractivity contribution in [1.29, 1.82) is 0 Å². The molecule has 1 unspecified atom stereocenters. The minimum absolute atomic E-state index is 0.0791. The number of rotatable bonds is 47. The highest BCUT2D eigenvalue weighted by molar-refractivity contribution is 5.71. The summed E-state index contributed by atoms with van der Waals surface area (Å²) < 4.78 is 16.7. The second-order valence-electron chi connectivity index (χ2n) is 17.4. The van der Waals surface area contributed by atoms with Crippen molar-refractivity contribution in [3.8, 4) is 0 Å². The maximum atomic E-state index is 12.8. The zero-order chi connectivity index (χ0) is 44.4. The van der Waals surface area contributed by atoms with Gasteiger partial charge in [-0.05, 0) is 83.5 Å². The molecule has 354 valence electrons. The highest BCUT2D eigenvalue weighted by atomic mass is 16.6. The lowest BCUT2D eigenvalue weighted by Gasteiger charge is -2.18. The molecule has 0 bridgehead atoms. The molecule has 0 aliphatic heterocycles. The number of unbranched alkanes of at least 4 members (excludes halogenated alkanes) is 28. The van der Waals surface area contributed by atoms with Gasteiger partial charge in [0, 0.05) is 19.3 Å². The predicted octanol–water partition coefficient (Wildman–Crippen LogP) is 17.1. The molecule has 0 aromatic rings. The monoisotopic (exact) mass is 855 g/mol. The molecule has 0 saturated carbocycles. The molecule has 0 N–H and O–H groups in total. The van der Waals surface area contributed by atoms with Crippen molar-refractivity contribution >= 4 is 17.9 Å². The van der Waals surface area contributed by atoms with Crippen LogP contribution in [0.25, 0.3) is 0 Å². The van der Waals surface area contributed by atoms with E-state index < -0.39 is 6.10 Å². The molecule has 1 atom stereocenters. The van der Waals surface area contributed by atoms with Crippen LogP contribution in [0.3, 0.4) is 0 Å². The maximum absolute atomic E-state index is 12.8. The Morgan fingerprint density at radius 3 is 0.951 bits per heavy atom. The molecular weight excluding hydrogens is 757 g/mol. The first-order chi connectivity index (χ1) is 30.0. The quantitative estimate of drug-likeness (QED) is 0.0263. The van der Waals surface area contributed by atoms with Gasteiger partial charge in [-0.1, -0.05) is 211 Å². The molecule has 0 rings (SSSR count). The van der Waals surface area contributed by atoms with E-state index in [9.17, 15) is 14.4 Å². The lowest BCUT2D eigenvalue weighted by atomic mass is 10.1. The Morgan fingerprint density at radius 1 is 0.328 bits per heavy atom. The molecule has 0 aromatic carbocycles. The molecule has 6 nitrogen and oxygen atoms in total. The second-order valence-corrected chi connectivity index (χ2v) is 17.4. The van der Waals surface area contributed by atoms with Gasteiger partial charge in [-0.3, -0.25) is 14.4 Å². The van der Waals surface area contributed by atoms with Gasteiger partial charge >= 0.3 is 17.9 Å². The minimum Gasteiger partial charge on any atom is -0.462 e. The number of allylic oxidation sites excluding steroid dienone is 8. The van der Waals surface area contributed by atoms with Gasteiger partial charge in [0.2, 0.25) is 0 Å². The fourth-order valence-electron chi connectivity index (χ4n) is 7.33. The first-order valence-corrected chi connectivity index (χ1v) is 26.1. The number of carbonyl (C=O) groups is 3. The van der Waals surface area contributed by atoms with Crippen LogP contribution < -0.4 is 0 Å². The van der Waals surface area contributed by atoms with Crippen LogP contribution >= 0.6 is 0 Å². The van der Waals surface area contributed by atoms with Gasteiger partial charge in [0.05, 0.1) is 0 Å². The lowest BCUT2D eigenvalue weighted by molar-refractivity contribution is -0.167. The summed E-state index contributed by atoms with van der Waals surface area (Å²) in [6, 6.07) is 0. The SMILES string of the molecule is CCCCCC/C=C\CCCCCCCC(=O)OC(COC(=O)CCCCCCCC/C=C\C/C=C\C/C=C\CCCCCCC)COC(=O)CCCCCCCCCCC. The van der Waals surface area contributed by atoms with Crippen molar-refractivity contribution in [3.63, 3.8) is 0 Å². The molecule has 0 aliphatic carbocycles. The molecule has 0 aliphatic rings. The van der Waals surface area contributed by atoms with Crippen LogP contribution in [0, 0.1) is 0 Å². The van der Waals surface area contributed by atoms with Gasteiger partial charge in [0.1, 0.15) is 13.2 Å². The fraction of sp³-hybridized carbons (Fsp3) is 0.800. The summed E-state index contributed by atoms with van der Waals surface area (Å²) in [5.41, 5.74) is 0. The molecule has 0 heterocycles. The van der Waals surface area contributed by atoms with Crippen molar-refractivity contribution < 1.29 is 28.6 Å². The third kappa shape index (κ3) is 48.3. The molecule has 0 fully saturated rings. The van der Waals surface area contributed by atoms with Crippen LogP contribution in [0.4, 0.5) is 0 Å². The van der Waals surface area contributed by atoms with Gasteiger partial charge in [0.15, 0.2) is 6.10 Å². The smallest absolute Gasteiger partial charge is 0.306 e. The van der Waals surface area contributed by atoms with E-state index in [0.29, 0.717) is 19.3 Å². The Labute approximate surface area is 378 Å². The summed E-state index contributed by atoms with van der Waals surface area (Å²) in [6.07, 6.45) is 59.5. The summed E-state index contributed by atoms with van der Waals surface area (Å²) in [4.78, 5) is 37.9. The molecule has 61 heavy (non-hydrogen) atoms. The van der Waals surface area contributed by atoms with Gasteiger partial charge in [-0.15, -0.1) is 0 Å². The average Bonchev–Trinajstić information content (AvgIpc) is 3.26. The van der Waals surface area contributed by atoms with Gasteiger partial charge < -0.3 is 14.2 Å². The van der Waals surface area contributed by atoms with Crippen molar-refractivity contribution in [2.24, 2.45) is 0 Å². The molecule has 0 radical (unpaired) electrons. The van der Waals surface area contributed by atoms with Crippen molar-refractivity contribution in [2.75, 3.05) is 13.2 Å². The van der Waals surface area contributed by atoms with E-state index in [1.54, 1.807) is 0 Å². The van der Waals surface area contributed by atoms with Gasteiger partial charge in [-0.2, -0.15) is 0 Å². The first kappa shape index (κ1) is 58.4. The van der Waals surface area contributed by atoms with Crippen LogP contribution in [0.5, 0.6) is 0 Å². The Morgan fingerprint density at radius 2 is 0.590 bits per heavy atom. The topological polar surface area (TPSA) is 78.9 Å². The van der Waals surface area contributed by atoms with E-state index in [1.807, 2.05) is 0 Å². The van der Waals surface area contributed by atoms with Crippen molar-refractivity contribution in [2.45, 2.75) is 271 Å². The first-order valence-electron chi connectivity index (χ1n) is 26.1. The summed E-state index contributed by atoms with van der Waals surface area (Å²) >= 11 is 0. The van der Waals surface area contributed by atoms with Crippen LogP contribution in [0.15, 0.2) is 48.6 Å². The Kier molecular flexibility index (Phi) is 47.9. The third-order valence-corrected chi connectivity index (χ3v) is 11.3. The highest BCUT2D eigenvalue weighted by Gasteiger charge is 2.19. The Hall–Kier alpha value is -2.63. The normalized spacial score (nSPS) is 12.4. The molecule has 0 saturated heterocycles. The Balaban J connectivity index is 4.30. The largest absolute Gasteiger partial charge is 0.462 e. The number of hydrogen-bond acceptors (Lipinski definition) is 6. The fourth-order valence-corrected chi connectivity index (χ4v) is 7.33. The van der Waals surface area contributed by atoms with E-state index in [0.717, 1.165) is 89.9 Å². The van der Waals surface area contributed by atoms with E-state index in [4.69, 9.17) is 14.2 Å². The number of ether oxygens (including phenoxy) is 3. The molecular formula is C55H98O6. The van der Waals surface area contributed by atoms with Crippen molar-refractivity contribution in [1.82, 2.24) is 0 Å². The second kappa shape index (κ2) is 50.0. The van der Waals surface area contributed by atoms with Gasteiger partial charge in [-0.25, -0.2) is 0 Å². The van der Waals surface area contributed by atoms with Crippen LogP contribution in [0.2, 0.25) is 0 Å². The molecule has 0 aromatic heterocycles. The minimum atomic E-state index is -0.778. The standard InChI is InChI=1S/C55H98O6/c1-4-7-10-13-16-19-21-23-24-25-26-27-28-29-30-32-33-36-39-42-45-48-54(57)60-51-52(50-59-53(56)47-44-41-38-35-18-15-12-9-6-3)61-55(58)49-46-43-40-37-34-31-22-20-17-14-11-8-5-2/h20-23,25-26,28-29,52H,4-19,24,27,30-51H2,1-3H3/b22-20-,23-21-,26-25-,29-28-. The number of carbonyl (C=O) groups excluding carboxylic acids is 3. The third-order valence-electron chi connectivity index (χ3n) is 11.3. The average molecular weight is 855 g/mol. The number of esters is 3. The zero-order valence-corrected chi connectivity index (χ0v) is 40.4. The van der Waals surface area contributed by atoms with E-state index in [2.05, 4.69) is 69.4 Å². The van der Waals surface area contributed by atoms with Crippen LogP contribution in [0.1, 0.15) is 265 Å². The summed E-state index contributed by atoms with van der Waals surface area (Å²) in [5, 5.41) is 0. The number of hydrogen-bond donors (Lipinski definition) is 0. The maximum Gasteiger partial charge on any atom is 0.306 e. The summed E-state index contributed by atoms with van der Waals surface area (Å²) in [7, 11) is 0. The van der Waals surface area contributed by atoms with E-state index in [-0.39, 0.29) is 31.1 Å². The van der Waals surface area contributed by atoms with Crippen molar-refractivity contribution in [3.05, 3.63) is 48.6 Å². The highest BCUT2D eigenvalue weighted by Crippen LogP contribution is 2.14. The van der Waals surface area contributed by atoms with Gasteiger partial charge in [0.25, 0.3) is 0 Å². The molecule has 0 spiro atoms. The lowest BCUT2D eigenvalue weighted by Crippen LogP contribution is -2.30. The van der Waals surface area contributed by atoms with E-state index >= 15 is 0 Å².